The summed E-state index contributed by atoms with van der Waals surface area (Å²) >= 11 is 6.00. The predicted molar refractivity (Wildman–Crippen MR) is 108 cm³/mol. The molecule has 0 atom stereocenters. The summed E-state index contributed by atoms with van der Waals surface area (Å²) in [6.45, 7) is 1.34. The maximum atomic E-state index is 12.9. The maximum Gasteiger partial charge on any atom is 0.291 e. The van der Waals surface area contributed by atoms with Gasteiger partial charge in [-0.25, -0.2) is 8.42 Å². The lowest BCUT2D eigenvalue weighted by atomic mass is 10.1. The van der Waals surface area contributed by atoms with E-state index in [4.69, 9.17) is 16.0 Å². The van der Waals surface area contributed by atoms with Crippen LogP contribution in [0.5, 0.6) is 0 Å². The van der Waals surface area contributed by atoms with Gasteiger partial charge in [0.05, 0.1) is 17.1 Å². The van der Waals surface area contributed by atoms with Crippen molar-refractivity contribution < 1.29 is 22.4 Å². The molecule has 0 unspecified atom stereocenters. The van der Waals surface area contributed by atoms with Crippen LogP contribution in [0.25, 0.3) is 11.0 Å². The van der Waals surface area contributed by atoms with E-state index < -0.39 is 15.7 Å². The number of nitrogens with one attached hydrogen (secondary N) is 2. The van der Waals surface area contributed by atoms with Gasteiger partial charge in [-0.3, -0.25) is 9.59 Å². The molecule has 0 bridgehead atoms. The van der Waals surface area contributed by atoms with E-state index in [9.17, 15) is 18.0 Å². The van der Waals surface area contributed by atoms with Crippen LogP contribution in [0, 0.1) is 0 Å². The molecule has 0 aliphatic carbocycles. The van der Waals surface area contributed by atoms with E-state index in [-0.39, 0.29) is 28.7 Å². The summed E-state index contributed by atoms with van der Waals surface area (Å²) in [6, 6.07) is 11.4. The molecule has 146 valence electrons. The summed E-state index contributed by atoms with van der Waals surface area (Å²) in [5.41, 5.74) is 1.29. The van der Waals surface area contributed by atoms with Crippen LogP contribution < -0.4 is 10.6 Å². The number of sulfone groups is 1. The Morgan fingerprint density at radius 1 is 1.07 bits per heavy atom. The summed E-state index contributed by atoms with van der Waals surface area (Å²) in [6.07, 6.45) is 1.09. The normalized spacial score (nSPS) is 11.4. The Kier molecular flexibility index (Phi) is 5.44. The quantitative estimate of drug-likeness (QED) is 0.652. The zero-order valence-corrected chi connectivity index (χ0v) is 16.6. The first-order valence-electron chi connectivity index (χ1n) is 8.20. The molecule has 1 heterocycles. The molecule has 0 aliphatic rings. The third kappa shape index (κ3) is 4.52. The average Bonchev–Trinajstić information content (AvgIpc) is 2.94. The highest BCUT2D eigenvalue weighted by molar-refractivity contribution is 7.89. The van der Waals surface area contributed by atoms with Crippen molar-refractivity contribution in [1.82, 2.24) is 0 Å². The predicted octanol–water partition coefficient (Wildman–Crippen LogP) is 3.84. The number of halogens is 1. The number of hydrogen-bond donors (Lipinski definition) is 2. The first-order valence-corrected chi connectivity index (χ1v) is 10.6. The molecule has 0 saturated carbocycles. The van der Waals surface area contributed by atoms with Crippen LogP contribution >= 0.6 is 11.6 Å². The topological polar surface area (TPSA) is 105 Å². The number of para-hydroxylation sites is 1. The van der Waals surface area contributed by atoms with Gasteiger partial charge < -0.3 is 15.1 Å². The molecule has 9 heteroatoms. The van der Waals surface area contributed by atoms with Crippen LogP contribution in [0.15, 0.2) is 46.9 Å². The molecule has 0 fully saturated rings. The average molecular weight is 421 g/mol. The molecular weight excluding hydrogens is 404 g/mol. The smallest absolute Gasteiger partial charge is 0.291 e. The third-order valence-corrected chi connectivity index (χ3v) is 4.90. The van der Waals surface area contributed by atoms with Crippen molar-refractivity contribution in [3.8, 4) is 0 Å². The van der Waals surface area contributed by atoms with Gasteiger partial charge in [0.2, 0.25) is 5.91 Å². The summed E-state index contributed by atoms with van der Waals surface area (Å²) in [5, 5.41) is 6.13. The number of carbonyl (C=O) groups is 2. The number of anilines is 2. The van der Waals surface area contributed by atoms with E-state index in [0.717, 1.165) is 6.26 Å². The van der Waals surface area contributed by atoms with Crippen molar-refractivity contribution in [2.45, 2.75) is 12.7 Å². The van der Waals surface area contributed by atoms with E-state index in [1.54, 1.807) is 36.4 Å². The Bertz CT molecular complexity index is 1180. The zero-order chi connectivity index (χ0) is 20.5. The summed E-state index contributed by atoms with van der Waals surface area (Å²) in [5.74, 6) is -1.43. The van der Waals surface area contributed by atoms with Gasteiger partial charge in [0.25, 0.3) is 5.91 Å². The van der Waals surface area contributed by atoms with Crippen molar-refractivity contribution in [3.63, 3.8) is 0 Å². The molecular formula is C19H17ClN2O5S. The number of amides is 2. The minimum absolute atomic E-state index is 0.111. The highest BCUT2D eigenvalue weighted by Crippen LogP contribution is 2.30. The first kappa shape index (κ1) is 19.9. The van der Waals surface area contributed by atoms with Gasteiger partial charge in [0, 0.05) is 29.2 Å². The van der Waals surface area contributed by atoms with Crippen LogP contribution in [0.4, 0.5) is 11.4 Å². The third-order valence-electron chi connectivity index (χ3n) is 3.85. The Hall–Kier alpha value is -2.84. The Morgan fingerprint density at radius 2 is 1.79 bits per heavy atom. The molecule has 1 aromatic heterocycles. The van der Waals surface area contributed by atoms with Gasteiger partial charge in [0.1, 0.15) is 5.58 Å². The number of furan rings is 1. The minimum atomic E-state index is -3.42. The van der Waals surface area contributed by atoms with Gasteiger partial charge in [-0.1, -0.05) is 29.8 Å². The summed E-state index contributed by atoms with van der Waals surface area (Å²) < 4.78 is 29.3. The van der Waals surface area contributed by atoms with Crippen molar-refractivity contribution in [2.24, 2.45) is 0 Å². The number of benzene rings is 2. The summed E-state index contributed by atoms with van der Waals surface area (Å²) in [7, 11) is -3.42. The number of carbonyl (C=O) groups excluding carboxylic acids is 2. The van der Waals surface area contributed by atoms with Crippen molar-refractivity contribution >= 4 is 55.6 Å². The lowest BCUT2D eigenvalue weighted by molar-refractivity contribution is -0.114. The van der Waals surface area contributed by atoms with Gasteiger partial charge in [-0.05, 0) is 24.3 Å². The molecule has 7 nitrogen and oxygen atoms in total. The highest BCUT2D eigenvalue weighted by Gasteiger charge is 2.24. The maximum absolute atomic E-state index is 12.9. The van der Waals surface area contributed by atoms with E-state index in [1.807, 2.05) is 0 Å². The van der Waals surface area contributed by atoms with Crippen LogP contribution in [0.1, 0.15) is 23.0 Å². The fourth-order valence-electron chi connectivity index (χ4n) is 2.79. The van der Waals surface area contributed by atoms with E-state index in [2.05, 4.69) is 10.6 Å². The molecule has 3 aromatic rings. The highest BCUT2D eigenvalue weighted by atomic mass is 35.5. The van der Waals surface area contributed by atoms with Crippen LogP contribution in [0.3, 0.4) is 0 Å². The van der Waals surface area contributed by atoms with Crippen LogP contribution in [-0.4, -0.2) is 26.5 Å². The Morgan fingerprint density at radius 3 is 2.46 bits per heavy atom. The van der Waals surface area contributed by atoms with Gasteiger partial charge in [0.15, 0.2) is 15.6 Å². The van der Waals surface area contributed by atoms with Gasteiger partial charge in [-0.15, -0.1) is 0 Å². The molecule has 3 rings (SSSR count). The second kappa shape index (κ2) is 7.65. The largest absolute Gasteiger partial charge is 0.451 e. The molecule has 0 spiro atoms. The van der Waals surface area contributed by atoms with E-state index in [0.29, 0.717) is 21.7 Å². The van der Waals surface area contributed by atoms with Crippen LogP contribution in [-0.2, 0) is 20.4 Å². The second-order valence-corrected chi connectivity index (χ2v) is 8.88. The fraction of sp³-hybridized carbons (Fsp3) is 0.158. The van der Waals surface area contributed by atoms with E-state index >= 15 is 0 Å². The van der Waals surface area contributed by atoms with Crippen LogP contribution in [0.2, 0.25) is 5.02 Å². The summed E-state index contributed by atoms with van der Waals surface area (Å²) in [4.78, 5) is 24.3. The molecule has 2 aromatic carbocycles. The van der Waals surface area contributed by atoms with Crippen molar-refractivity contribution in [2.75, 3.05) is 16.9 Å². The molecule has 2 N–H and O–H groups in total. The number of hydrogen-bond acceptors (Lipinski definition) is 5. The molecule has 2 amide bonds. The molecule has 28 heavy (non-hydrogen) atoms. The number of rotatable bonds is 5. The first-order chi connectivity index (χ1) is 13.1. The van der Waals surface area contributed by atoms with Crippen molar-refractivity contribution in [1.29, 1.82) is 0 Å². The molecule has 0 radical (unpaired) electrons. The monoisotopic (exact) mass is 420 g/mol. The van der Waals surface area contributed by atoms with Gasteiger partial charge in [-0.2, -0.15) is 0 Å². The fourth-order valence-corrected chi connectivity index (χ4v) is 3.77. The lowest BCUT2D eigenvalue weighted by Gasteiger charge is -2.11. The second-order valence-electron chi connectivity index (χ2n) is 6.30. The minimum Gasteiger partial charge on any atom is -0.451 e. The van der Waals surface area contributed by atoms with E-state index in [1.165, 1.54) is 13.0 Å². The molecule has 0 saturated heterocycles. The zero-order valence-electron chi connectivity index (χ0n) is 15.1. The Balaban J connectivity index is 2.04. The standard InChI is InChI=1S/C19H17ClN2O5S/c1-11(23)21-15-8-7-12(20)9-16(15)22-19(24)18-14(10-28(2,25)26)13-5-3-4-6-17(13)27-18/h3-9H,10H2,1-2H3,(H,21,23)(H,22,24). The number of fused-ring (bicyclic) bond motifs is 1. The SMILES string of the molecule is CC(=O)Nc1ccc(Cl)cc1NC(=O)c1oc2ccccc2c1CS(C)(=O)=O. The van der Waals surface area contributed by atoms with Gasteiger partial charge >= 0.3 is 0 Å². The molecule has 0 aliphatic heterocycles. The lowest BCUT2D eigenvalue weighted by Crippen LogP contribution is -2.16. The van der Waals surface area contributed by atoms with Crippen molar-refractivity contribution in [3.05, 3.63) is 58.8 Å². The Labute approximate surface area is 166 Å².